The van der Waals surface area contributed by atoms with Crippen molar-refractivity contribution in [3.05, 3.63) is 37.9 Å². The Hall–Kier alpha value is -1.37. The van der Waals surface area contributed by atoms with Gasteiger partial charge in [-0.2, -0.15) is 0 Å². The van der Waals surface area contributed by atoms with Crippen molar-refractivity contribution < 1.29 is 14.5 Å². The lowest BCUT2D eigenvalue weighted by molar-refractivity contribution is -0.384. The Morgan fingerprint density at radius 1 is 1.48 bits per heavy atom. The molecule has 0 atom stereocenters. The van der Waals surface area contributed by atoms with Gasteiger partial charge in [0.2, 0.25) is 0 Å². The summed E-state index contributed by atoms with van der Waals surface area (Å²) in [6.45, 7) is 2.55. The number of ether oxygens (including phenoxy) is 1. The SMILES string of the molecule is CCOC1CC(NC(=O)c2cc([N+](=O)[O-])cc(Cl)c2Cl)C1. The molecule has 0 heterocycles. The number of nitrogens with one attached hydrogen (secondary N) is 1. The first kappa shape index (κ1) is 16.0. The van der Waals surface area contributed by atoms with Crippen LogP contribution in [0.3, 0.4) is 0 Å². The highest BCUT2D eigenvalue weighted by Gasteiger charge is 2.31. The van der Waals surface area contributed by atoms with Gasteiger partial charge < -0.3 is 10.1 Å². The van der Waals surface area contributed by atoms with Crippen molar-refractivity contribution in [1.29, 1.82) is 0 Å². The van der Waals surface area contributed by atoms with Crippen LogP contribution in [0, 0.1) is 10.1 Å². The van der Waals surface area contributed by atoms with Crippen LogP contribution in [0.2, 0.25) is 10.0 Å². The first-order valence-electron chi connectivity index (χ1n) is 6.48. The zero-order valence-electron chi connectivity index (χ0n) is 11.3. The van der Waals surface area contributed by atoms with Crippen LogP contribution in [0.1, 0.15) is 30.1 Å². The predicted octanol–water partition coefficient (Wildman–Crippen LogP) is 3.20. The number of nitro groups is 1. The van der Waals surface area contributed by atoms with E-state index in [1.807, 2.05) is 6.92 Å². The second kappa shape index (κ2) is 6.60. The number of carbonyl (C=O) groups excluding carboxylic acids is 1. The number of nitrogens with zero attached hydrogens (tertiary/aromatic N) is 1. The number of amides is 1. The van der Waals surface area contributed by atoms with E-state index in [0.29, 0.717) is 6.61 Å². The topological polar surface area (TPSA) is 81.5 Å². The Morgan fingerprint density at radius 3 is 2.71 bits per heavy atom. The maximum Gasteiger partial charge on any atom is 0.271 e. The number of hydrogen-bond donors (Lipinski definition) is 1. The standard InChI is InChI=1S/C13H14Cl2N2O4/c1-2-21-9-3-7(4-9)16-13(18)10-5-8(17(19)20)6-11(14)12(10)15/h5-7,9H,2-4H2,1H3,(H,16,18). The van der Waals surface area contributed by atoms with Crippen LogP contribution in [0.15, 0.2) is 12.1 Å². The van der Waals surface area contributed by atoms with Crippen LogP contribution in [0.5, 0.6) is 0 Å². The first-order valence-corrected chi connectivity index (χ1v) is 7.23. The average Bonchev–Trinajstić information content (AvgIpc) is 2.38. The van der Waals surface area contributed by atoms with E-state index in [4.69, 9.17) is 27.9 Å². The number of carbonyl (C=O) groups is 1. The van der Waals surface area contributed by atoms with Gasteiger partial charge in [0.25, 0.3) is 11.6 Å². The molecule has 0 aromatic heterocycles. The van der Waals surface area contributed by atoms with Gasteiger partial charge in [-0.25, -0.2) is 0 Å². The van der Waals surface area contributed by atoms with Crippen molar-refractivity contribution in [2.24, 2.45) is 0 Å². The molecule has 1 aromatic carbocycles. The molecule has 0 bridgehead atoms. The molecule has 1 aliphatic carbocycles. The monoisotopic (exact) mass is 332 g/mol. The fourth-order valence-electron chi connectivity index (χ4n) is 2.16. The van der Waals surface area contributed by atoms with Crippen LogP contribution in [0.4, 0.5) is 5.69 Å². The third kappa shape index (κ3) is 3.64. The molecule has 0 spiro atoms. The summed E-state index contributed by atoms with van der Waals surface area (Å²) in [6.07, 6.45) is 1.60. The van der Waals surface area contributed by atoms with Crippen molar-refractivity contribution in [3.63, 3.8) is 0 Å². The Labute approximate surface area is 131 Å². The normalized spacial score (nSPS) is 20.7. The maximum atomic E-state index is 12.1. The fourth-order valence-corrected chi connectivity index (χ4v) is 2.57. The largest absolute Gasteiger partial charge is 0.378 e. The zero-order valence-corrected chi connectivity index (χ0v) is 12.8. The summed E-state index contributed by atoms with van der Waals surface area (Å²) in [5, 5.41) is 13.6. The lowest BCUT2D eigenvalue weighted by atomic mass is 9.89. The predicted molar refractivity (Wildman–Crippen MR) is 79.0 cm³/mol. The van der Waals surface area contributed by atoms with Crippen molar-refractivity contribution in [3.8, 4) is 0 Å². The summed E-state index contributed by atoms with van der Waals surface area (Å²) in [5.41, 5.74) is -0.258. The van der Waals surface area contributed by atoms with Crippen LogP contribution in [0.25, 0.3) is 0 Å². The van der Waals surface area contributed by atoms with Crippen LogP contribution >= 0.6 is 23.2 Å². The van der Waals surface area contributed by atoms with E-state index in [9.17, 15) is 14.9 Å². The Bertz CT molecular complexity index is 574. The molecule has 6 nitrogen and oxygen atoms in total. The Morgan fingerprint density at radius 2 is 2.14 bits per heavy atom. The highest BCUT2D eigenvalue weighted by atomic mass is 35.5. The van der Waals surface area contributed by atoms with Gasteiger partial charge in [-0.05, 0) is 19.8 Å². The molecule has 1 aliphatic rings. The van der Waals surface area contributed by atoms with E-state index < -0.39 is 10.8 Å². The molecule has 0 radical (unpaired) electrons. The van der Waals surface area contributed by atoms with E-state index in [0.717, 1.165) is 25.0 Å². The molecule has 1 saturated carbocycles. The zero-order chi connectivity index (χ0) is 15.6. The smallest absolute Gasteiger partial charge is 0.271 e. The highest BCUT2D eigenvalue weighted by molar-refractivity contribution is 6.44. The van der Waals surface area contributed by atoms with Gasteiger partial charge in [-0.1, -0.05) is 23.2 Å². The van der Waals surface area contributed by atoms with E-state index in [1.165, 1.54) is 0 Å². The number of rotatable bonds is 5. The summed E-state index contributed by atoms with van der Waals surface area (Å²) in [4.78, 5) is 22.3. The molecule has 1 aromatic rings. The Kier molecular flexibility index (Phi) is 5.03. The molecule has 1 N–H and O–H groups in total. The minimum atomic E-state index is -0.618. The summed E-state index contributed by atoms with van der Waals surface area (Å²) in [5.74, 6) is -0.467. The number of hydrogen-bond acceptors (Lipinski definition) is 4. The van der Waals surface area contributed by atoms with Gasteiger partial charge in [0.1, 0.15) is 0 Å². The lowest BCUT2D eigenvalue weighted by Crippen LogP contribution is -2.47. The molecule has 114 valence electrons. The van der Waals surface area contributed by atoms with E-state index in [-0.39, 0.29) is 33.4 Å². The summed E-state index contributed by atoms with van der Waals surface area (Å²) >= 11 is 11.8. The molecule has 2 rings (SSSR count). The third-order valence-electron chi connectivity index (χ3n) is 3.30. The van der Waals surface area contributed by atoms with E-state index in [2.05, 4.69) is 5.32 Å². The number of halogens is 2. The molecule has 0 saturated heterocycles. The van der Waals surface area contributed by atoms with Crippen molar-refractivity contribution in [1.82, 2.24) is 5.32 Å². The molecular formula is C13H14Cl2N2O4. The minimum absolute atomic E-state index is 0.00993. The van der Waals surface area contributed by atoms with Gasteiger partial charge in [-0.15, -0.1) is 0 Å². The maximum absolute atomic E-state index is 12.1. The molecular weight excluding hydrogens is 319 g/mol. The Balaban J connectivity index is 2.07. The molecule has 8 heteroatoms. The van der Waals surface area contributed by atoms with Crippen LogP contribution in [-0.2, 0) is 4.74 Å². The quantitative estimate of drug-likeness (QED) is 0.663. The summed E-state index contributed by atoms with van der Waals surface area (Å²) in [6, 6.07) is 2.24. The van der Waals surface area contributed by atoms with E-state index in [1.54, 1.807) is 0 Å². The van der Waals surface area contributed by atoms with Crippen molar-refractivity contribution >= 4 is 34.8 Å². The van der Waals surface area contributed by atoms with Gasteiger partial charge >= 0.3 is 0 Å². The molecule has 1 amide bonds. The first-order chi connectivity index (χ1) is 9.92. The van der Waals surface area contributed by atoms with Crippen molar-refractivity contribution in [2.75, 3.05) is 6.61 Å². The molecule has 0 unspecified atom stereocenters. The third-order valence-corrected chi connectivity index (χ3v) is 4.10. The van der Waals surface area contributed by atoms with Crippen molar-refractivity contribution in [2.45, 2.75) is 31.9 Å². The van der Waals surface area contributed by atoms with Crippen LogP contribution in [-0.4, -0.2) is 29.6 Å². The average molecular weight is 333 g/mol. The number of benzene rings is 1. The van der Waals surface area contributed by atoms with Crippen LogP contribution < -0.4 is 5.32 Å². The second-order valence-corrected chi connectivity index (χ2v) is 5.55. The number of non-ortho nitro benzene ring substituents is 1. The molecule has 21 heavy (non-hydrogen) atoms. The molecule has 0 aliphatic heterocycles. The second-order valence-electron chi connectivity index (χ2n) is 4.77. The number of nitro benzene ring substituents is 1. The highest BCUT2D eigenvalue weighted by Crippen LogP contribution is 2.31. The molecule has 1 fully saturated rings. The van der Waals surface area contributed by atoms with Gasteiger partial charge in [-0.3, -0.25) is 14.9 Å². The summed E-state index contributed by atoms with van der Waals surface area (Å²) in [7, 11) is 0. The lowest BCUT2D eigenvalue weighted by Gasteiger charge is -2.35. The van der Waals surface area contributed by atoms with E-state index >= 15 is 0 Å². The minimum Gasteiger partial charge on any atom is -0.378 e. The van der Waals surface area contributed by atoms with Gasteiger partial charge in [0.05, 0.1) is 26.6 Å². The van der Waals surface area contributed by atoms with Gasteiger partial charge in [0.15, 0.2) is 0 Å². The fraction of sp³-hybridized carbons (Fsp3) is 0.462. The van der Waals surface area contributed by atoms with Gasteiger partial charge in [0, 0.05) is 24.8 Å². The summed E-state index contributed by atoms with van der Waals surface area (Å²) < 4.78 is 5.40.